The summed E-state index contributed by atoms with van der Waals surface area (Å²) in [5.41, 5.74) is 3.02. The molecule has 1 saturated heterocycles. The number of nitrogens with one attached hydrogen (secondary N) is 1. The summed E-state index contributed by atoms with van der Waals surface area (Å²) < 4.78 is 10.8. The molecule has 2 aliphatic heterocycles. The van der Waals surface area contributed by atoms with E-state index in [2.05, 4.69) is 18.3 Å². The van der Waals surface area contributed by atoms with Crippen molar-refractivity contribution in [2.24, 2.45) is 5.41 Å². The van der Waals surface area contributed by atoms with Gasteiger partial charge in [0, 0.05) is 24.2 Å². The number of carbonyl (C=O) groups excluding carboxylic acids is 1. The van der Waals surface area contributed by atoms with Gasteiger partial charge in [-0.05, 0) is 51.0 Å². The lowest BCUT2D eigenvalue weighted by molar-refractivity contribution is -0.0924. The Labute approximate surface area is 137 Å². The third-order valence-corrected chi connectivity index (χ3v) is 4.21. The van der Waals surface area contributed by atoms with Crippen molar-refractivity contribution < 1.29 is 14.3 Å². The molecule has 0 spiro atoms. The fraction of sp³-hybridized carbons (Fsp3) is 0.611. The van der Waals surface area contributed by atoms with Gasteiger partial charge in [-0.25, -0.2) is 4.79 Å². The number of benzene rings is 1. The molecule has 1 amide bonds. The lowest BCUT2D eigenvalue weighted by Gasteiger charge is -2.38. The van der Waals surface area contributed by atoms with E-state index in [0.29, 0.717) is 6.54 Å². The minimum atomic E-state index is -0.471. The van der Waals surface area contributed by atoms with Gasteiger partial charge < -0.3 is 14.8 Å². The molecule has 1 aromatic carbocycles. The normalized spacial score (nSPS) is 19.0. The highest BCUT2D eigenvalue weighted by Crippen LogP contribution is 2.33. The summed E-state index contributed by atoms with van der Waals surface area (Å²) in [5.74, 6) is 0. The third-order valence-electron chi connectivity index (χ3n) is 4.21. The van der Waals surface area contributed by atoms with E-state index in [9.17, 15) is 4.79 Å². The van der Waals surface area contributed by atoms with Crippen molar-refractivity contribution in [2.45, 2.75) is 39.7 Å². The Balaban J connectivity index is 1.66. The monoisotopic (exact) mass is 318 g/mol. The molecule has 5 heteroatoms. The second-order valence-corrected chi connectivity index (χ2v) is 7.88. The van der Waals surface area contributed by atoms with Gasteiger partial charge in [-0.15, -0.1) is 0 Å². The van der Waals surface area contributed by atoms with Crippen molar-refractivity contribution in [2.75, 3.05) is 36.5 Å². The van der Waals surface area contributed by atoms with Gasteiger partial charge in [-0.1, -0.05) is 6.92 Å². The number of amides is 1. The van der Waals surface area contributed by atoms with Crippen LogP contribution in [0.4, 0.5) is 16.2 Å². The van der Waals surface area contributed by atoms with Gasteiger partial charge in [0.15, 0.2) is 0 Å². The molecule has 0 aromatic heterocycles. The molecule has 0 atom stereocenters. The van der Waals surface area contributed by atoms with Crippen LogP contribution >= 0.6 is 0 Å². The predicted octanol–water partition coefficient (Wildman–Crippen LogP) is 3.43. The number of rotatable bonds is 3. The van der Waals surface area contributed by atoms with Crippen LogP contribution in [-0.4, -0.2) is 38.0 Å². The number of hydrogen-bond acceptors (Lipinski definition) is 4. The lowest BCUT2D eigenvalue weighted by atomic mass is 9.88. The fourth-order valence-corrected chi connectivity index (χ4v) is 2.89. The van der Waals surface area contributed by atoms with Gasteiger partial charge in [0.1, 0.15) is 5.60 Å². The van der Waals surface area contributed by atoms with E-state index < -0.39 is 5.60 Å². The van der Waals surface area contributed by atoms with E-state index in [1.165, 1.54) is 5.56 Å². The molecule has 0 unspecified atom stereocenters. The predicted molar refractivity (Wildman–Crippen MR) is 91.1 cm³/mol. The summed E-state index contributed by atoms with van der Waals surface area (Å²) in [5, 5.41) is 3.48. The smallest absolute Gasteiger partial charge is 0.414 e. The van der Waals surface area contributed by atoms with Crippen LogP contribution in [-0.2, 0) is 15.9 Å². The number of ether oxygens (including phenoxy) is 2. The van der Waals surface area contributed by atoms with Crippen molar-refractivity contribution in [3.8, 4) is 0 Å². The third kappa shape index (κ3) is 3.61. The number of fused-ring (bicyclic) bond motifs is 1. The molecule has 126 valence electrons. The molecule has 1 aromatic rings. The number of carbonyl (C=O) groups is 1. The van der Waals surface area contributed by atoms with Crippen LogP contribution in [0.3, 0.4) is 0 Å². The molecule has 2 aliphatic rings. The Hall–Kier alpha value is -1.75. The molecular formula is C18H26N2O3. The van der Waals surface area contributed by atoms with E-state index in [-0.39, 0.29) is 11.5 Å². The molecule has 5 nitrogen and oxygen atoms in total. The standard InChI is InChI=1S/C18H26N2O3/c1-17(2,3)23-16(21)20-8-7-13-9-14(5-6-15(13)20)19-10-18(4)11-22-12-18/h5-6,9,19H,7-8,10-12H2,1-4H3. The highest BCUT2D eigenvalue weighted by Gasteiger charge is 2.33. The Kier molecular flexibility index (Phi) is 4.00. The molecule has 1 N–H and O–H groups in total. The van der Waals surface area contributed by atoms with Crippen molar-refractivity contribution >= 4 is 17.5 Å². The quantitative estimate of drug-likeness (QED) is 0.927. The van der Waals surface area contributed by atoms with E-state index in [0.717, 1.165) is 37.6 Å². The molecule has 0 saturated carbocycles. The summed E-state index contributed by atoms with van der Waals surface area (Å²) in [6, 6.07) is 6.18. The number of anilines is 2. The minimum Gasteiger partial charge on any atom is -0.443 e. The van der Waals surface area contributed by atoms with Gasteiger partial charge >= 0.3 is 6.09 Å². The lowest BCUT2D eigenvalue weighted by Crippen LogP contribution is -2.45. The van der Waals surface area contributed by atoms with Gasteiger partial charge in [-0.2, -0.15) is 0 Å². The first-order valence-corrected chi connectivity index (χ1v) is 8.21. The maximum atomic E-state index is 12.3. The van der Waals surface area contributed by atoms with Crippen LogP contribution in [0, 0.1) is 5.41 Å². The topological polar surface area (TPSA) is 50.8 Å². The highest BCUT2D eigenvalue weighted by molar-refractivity contribution is 5.91. The average molecular weight is 318 g/mol. The van der Waals surface area contributed by atoms with E-state index >= 15 is 0 Å². The van der Waals surface area contributed by atoms with Gasteiger partial charge in [-0.3, -0.25) is 4.90 Å². The van der Waals surface area contributed by atoms with Crippen molar-refractivity contribution in [3.63, 3.8) is 0 Å². The summed E-state index contributed by atoms with van der Waals surface area (Å²) >= 11 is 0. The maximum absolute atomic E-state index is 12.3. The largest absolute Gasteiger partial charge is 0.443 e. The Morgan fingerprint density at radius 3 is 2.74 bits per heavy atom. The minimum absolute atomic E-state index is 0.238. The van der Waals surface area contributed by atoms with Crippen LogP contribution in [0.5, 0.6) is 0 Å². The Bertz CT molecular complexity index is 603. The first kappa shape index (κ1) is 16.1. The molecule has 2 heterocycles. The highest BCUT2D eigenvalue weighted by atomic mass is 16.6. The Morgan fingerprint density at radius 1 is 1.39 bits per heavy atom. The van der Waals surface area contributed by atoms with Crippen molar-refractivity contribution in [1.29, 1.82) is 0 Å². The molecule has 0 radical (unpaired) electrons. The van der Waals surface area contributed by atoms with E-state index in [1.807, 2.05) is 32.9 Å². The van der Waals surface area contributed by atoms with Crippen LogP contribution in [0.2, 0.25) is 0 Å². The molecule has 3 rings (SSSR count). The molecular weight excluding hydrogens is 292 g/mol. The van der Waals surface area contributed by atoms with Gasteiger partial charge in [0.2, 0.25) is 0 Å². The summed E-state index contributed by atoms with van der Waals surface area (Å²) in [4.78, 5) is 14.0. The molecule has 1 fully saturated rings. The zero-order valence-corrected chi connectivity index (χ0v) is 14.4. The number of nitrogens with zero attached hydrogens (tertiary/aromatic N) is 1. The summed E-state index contributed by atoms with van der Waals surface area (Å²) in [6.45, 7) is 11.1. The fourth-order valence-electron chi connectivity index (χ4n) is 2.89. The molecule has 0 aliphatic carbocycles. The SMILES string of the molecule is CC1(CNc2ccc3c(c2)CCN3C(=O)OC(C)(C)C)COC1. The van der Waals surface area contributed by atoms with Crippen molar-refractivity contribution in [1.82, 2.24) is 0 Å². The average Bonchev–Trinajstić information content (AvgIpc) is 2.84. The van der Waals surface area contributed by atoms with Crippen LogP contribution in [0.15, 0.2) is 18.2 Å². The summed E-state index contributed by atoms with van der Waals surface area (Å²) in [6.07, 6.45) is 0.598. The second kappa shape index (κ2) is 5.71. The maximum Gasteiger partial charge on any atom is 0.414 e. The first-order chi connectivity index (χ1) is 10.8. The Morgan fingerprint density at radius 2 is 2.13 bits per heavy atom. The molecule has 0 bridgehead atoms. The van der Waals surface area contributed by atoms with Crippen molar-refractivity contribution in [3.05, 3.63) is 23.8 Å². The van der Waals surface area contributed by atoms with E-state index in [1.54, 1.807) is 4.90 Å². The second-order valence-electron chi connectivity index (χ2n) is 7.88. The summed E-state index contributed by atoms with van der Waals surface area (Å²) in [7, 11) is 0. The first-order valence-electron chi connectivity index (χ1n) is 8.21. The van der Waals surface area contributed by atoms with E-state index in [4.69, 9.17) is 9.47 Å². The van der Waals surface area contributed by atoms with Crippen LogP contribution in [0.25, 0.3) is 0 Å². The number of hydrogen-bond donors (Lipinski definition) is 1. The van der Waals surface area contributed by atoms with Crippen LogP contribution in [0.1, 0.15) is 33.3 Å². The zero-order chi connectivity index (χ0) is 16.7. The van der Waals surface area contributed by atoms with Gasteiger partial charge in [0.05, 0.1) is 18.9 Å². The van der Waals surface area contributed by atoms with Gasteiger partial charge in [0.25, 0.3) is 0 Å². The van der Waals surface area contributed by atoms with Crippen LogP contribution < -0.4 is 10.2 Å². The zero-order valence-electron chi connectivity index (χ0n) is 14.4. The molecule has 23 heavy (non-hydrogen) atoms.